The SMILES string of the molecule is CC1CC(C)C(C)N(CC(=O)NCCO)C1. The largest absolute Gasteiger partial charge is 0.395 e. The predicted molar refractivity (Wildman–Crippen MR) is 64.1 cm³/mol. The number of nitrogens with one attached hydrogen (secondary N) is 1. The van der Waals surface area contributed by atoms with Crippen LogP contribution in [0.5, 0.6) is 0 Å². The zero-order valence-electron chi connectivity index (χ0n) is 10.6. The molecule has 0 bridgehead atoms. The Morgan fingerprint density at radius 1 is 1.44 bits per heavy atom. The van der Waals surface area contributed by atoms with E-state index in [0.717, 1.165) is 6.54 Å². The molecule has 1 rings (SSSR count). The van der Waals surface area contributed by atoms with Crippen molar-refractivity contribution >= 4 is 5.91 Å². The van der Waals surface area contributed by atoms with E-state index in [1.165, 1.54) is 6.42 Å². The highest BCUT2D eigenvalue weighted by atomic mass is 16.3. The zero-order chi connectivity index (χ0) is 12.1. The van der Waals surface area contributed by atoms with Gasteiger partial charge in [-0.1, -0.05) is 13.8 Å². The summed E-state index contributed by atoms with van der Waals surface area (Å²) in [5, 5.41) is 11.3. The fourth-order valence-corrected chi connectivity index (χ4v) is 2.48. The smallest absolute Gasteiger partial charge is 0.234 e. The maximum Gasteiger partial charge on any atom is 0.234 e. The number of piperidine rings is 1. The predicted octanol–water partition coefficient (Wildman–Crippen LogP) is 0.461. The van der Waals surface area contributed by atoms with Gasteiger partial charge < -0.3 is 10.4 Å². The van der Waals surface area contributed by atoms with Crippen LogP contribution in [0.4, 0.5) is 0 Å². The molecule has 1 aliphatic rings. The van der Waals surface area contributed by atoms with Crippen LogP contribution >= 0.6 is 0 Å². The first-order valence-electron chi connectivity index (χ1n) is 6.16. The standard InChI is InChI=1S/C12H24N2O2/c1-9-6-10(2)11(3)14(7-9)8-12(16)13-4-5-15/h9-11,15H,4-8H2,1-3H3,(H,13,16). The summed E-state index contributed by atoms with van der Waals surface area (Å²) in [4.78, 5) is 13.8. The average Bonchev–Trinajstić information content (AvgIpc) is 2.22. The Kier molecular flexibility index (Phi) is 5.22. The fraction of sp³-hybridized carbons (Fsp3) is 0.917. The Labute approximate surface area is 98.0 Å². The minimum Gasteiger partial charge on any atom is -0.395 e. The molecular weight excluding hydrogens is 204 g/mol. The Hall–Kier alpha value is -0.610. The van der Waals surface area contributed by atoms with Gasteiger partial charge in [-0.15, -0.1) is 0 Å². The highest BCUT2D eigenvalue weighted by molar-refractivity contribution is 5.78. The summed E-state index contributed by atoms with van der Waals surface area (Å²) in [6.45, 7) is 8.49. The second kappa shape index (κ2) is 6.21. The Morgan fingerprint density at radius 2 is 2.12 bits per heavy atom. The van der Waals surface area contributed by atoms with Gasteiger partial charge in [0, 0.05) is 19.1 Å². The monoisotopic (exact) mass is 228 g/mol. The van der Waals surface area contributed by atoms with Gasteiger partial charge in [-0.2, -0.15) is 0 Å². The van der Waals surface area contributed by atoms with Crippen molar-refractivity contribution in [2.75, 3.05) is 26.2 Å². The van der Waals surface area contributed by atoms with E-state index in [2.05, 4.69) is 31.0 Å². The minimum atomic E-state index is 0.00803. The second-order valence-electron chi connectivity index (χ2n) is 5.06. The van der Waals surface area contributed by atoms with E-state index < -0.39 is 0 Å². The molecule has 1 heterocycles. The average molecular weight is 228 g/mol. The van der Waals surface area contributed by atoms with E-state index in [-0.39, 0.29) is 12.5 Å². The lowest BCUT2D eigenvalue weighted by Crippen LogP contribution is -2.50. The second-order valence-corrected chi connectivity index (χ2v) is 5.06. The summed E-state index contributed by atoms with van der Waals surface area (Å²) in [5.41, 5.74) is 0. The van der Waals surface area contributed by atoms with Crippen LogP contribution < -0.4 is 5.32 Å². The van der Waals surface area contributed by atoms with E-state index in [0.29, 0.717) is 31.0 Å². The van der Waals surface area contributed by atoms with E-state index in [4.69, 9.17) is 5.11 Å². The minimum absolute atomic E-state index is 0.00803. The number of amides is 1. The van der Waals surface area contributed by atoms with Crippen LogP contribution in [-0.2, 0) is 4.79 Å². The third kappa shape index (κ3) is 3.76. The number of hydrogen-bond donors (Lipinski definition) is 2. The molecule has 4 nitrogen and oxygen atoms in total. The molecule has 0 aliphatic carbocycles. The number of carbonyl (C=O) groups is 1. The van der Waals surface area contributed by atoms with Gasteiger partial charge in [0.2, 0.25) is 5.91 Å². The maximum atomic E-state index is 11.6. The molecule has 1 amide bonds. The first kappa shape index (κ1) is 13.5. The Morgan fingerprint density at radius 3 is 2.75 bits per heavy atom. The van der Waals surface area contributed by atoms with Gasteiger partial charge in [0.05, 0.1) is 13.2 Å². The lowest BCUT2D eigenvalue weighted by molar-refractivity contribution is -0.123. The van der Waals surface area contributed by atoms with Crippen LogP contribution in [0, 0.1) is 11.8 Å². The van der Waals surface area contributed by atoms with Gasteiger partial charge in [-0.3, -0.25) is 9.69 Å². The van der Waals surface area contributed by atoms with Crippen molar-refractivity contribution in [2.45, 2.75) is 33.2 Å². The number of aliphatic hydroxyl groups is 1. The van der Waals surface area contributed by atoms with Gasteiger partial charge in [0.1, 0.15) is 0 Å². The highest BCUT2D eigenvalue weighted by Gasteiger charge is 2.29. The molecule has 1 saturated heterocycles. The van der Waals surface area contributed by atoms with Crippen LogP contribution in [0.25, 0.3) is 0 Å². The van der Waals surface area contributed by atoms with E-state index in [1.54, 1.807) is 0 Å². The van der Waals surface area contributed by atoms with Crippen LogP contribution in [0.15, 0.2) is 0 Å². The molecule has 0 spiro atoms. The lowest BCUT2D eigenvalue weighted by Gasteiger charge is -2.40. The van der Waals surface area contributed by atoms with E-state index in [9.17, 15) is 4.79 Å². The molecule has 2 N–H and O–H groups in total. The molecule has 1 fully saturated rings. The van der Waals surface area contributed by atoms with Gasteiger partial charge in [0.15, 0.2) is 0 Å². The fourth-order valence-electron chi connectivity index (χ4n) is 2.48. The van der Waals surface area contributed by atoms with Crippen LogP contribution in [0.1, 0.15) is 27.2 Å². The number of hydrogen-bond acceptors (Lipinski definition) is 3. The van der Waals surface area contributed by atoms with Gasteiger partial charge >= 0.3 is 0 Å². The van der Waals surface area contributed by atoms with Crippen molar-refractivity contribution in [3.63, 3.8) is 0 Å². The molecular formula is C12H24N2O2. The van der Waals surface area contributed by atoms with Crippen molar-refractivity contribution in [3.8, 4) is 0 Å². The molecule has 4 heteroatoms. The summed E-state index contributed by atoms with van der Waals surface area (Å²) in [6, 6.07) is 0.469. The maximum absolute atomic E-state index is 11.6. The summed E-state index contributed by atoms with van der Waals surface area (Å²) < 4.78 is 0. The van der Waals surface area contributed by atoms with Crippen LogP contribution in [0.2, 0.25) is 0 Å². The summed E-state index contributed by atoms with van der Waals surface area (Å²) in [5.74, 6) is 1.33. The van der Waals surface area contributed by atoms with E-state index in [1.807, 2.05) is 0 Å². The molecule has 3 atom stereocenters. The molecule has 94 valence electrons. The van der Waals surface area contributed by atoms with Crippen LogP contribution in [-0.4, -0.2) is 48.2 Å². The van der Waals surface area contributed by atoms with Crippen molar-refractivity contribution < 1.29 is 9.90 Å². The molecule has 0 aromatic rings. The van der Waals surface area contributed by atoms with Crippen molar-refractivity contribution in [1.82, 2.24) is 10.2 Å². The number of carbonyl (C=O) groups excluding carboxylic acids is 1. The highest BCUT2D eigenvalue weighted by Crippen LogP contribution is 2.26. The zero-order valence-corrected chi connectivity index (χ0v) is 10.6. The van der Waals surface area contributed by atoms with Crippen molar-refractivity contribution in [1.29, 1.82) is 0 Å². The third-order valence-corrected chi connectivity index (χ3v) is 3.50. The molecule has 0 aromatic heterocycles. The molecule has 3 unspecified atom stereocenters. The number of likely N-dealkylation sites (tertiary alicyclic amines) is 1. The number of aliphatic hydroxyl groups excluding tert-OH is 1. The molecule has 1 aliphatic heterocycles. The van der Waals surface area contributed by atoms with Crippen LogP contribution in [0.3, 0.4) is 0 Å². The summed E-state index contributed by atoms with van der Waals surface area (Å²) in [7, 11) is 0. The summed E-state index contributed by atoms with van der Waals surface area (Å²) >= 11 is 0. The third-order valence-electron chi connectivity index (χ3n) is 3.50. The van der Waals surface area contributed by atoms with Crippen molar-refractivity contribution in [3.05, 3.63) is 0 Å². The first-order valence-corrected chi connectivity index (χ1v) is 6.16. The number of nitrogens with zero attached hydrogens (tertiary/aromatic N) is 1. The van der Waals surface area contributed by atoms with Gasteiger partial charge in [0.25, 0.3) is 0 Å². The quantitative estimate of drug-likeness (QED) is 0.735. The first-order chi connectivity index (χ1) is 7.54. The normalized spacial score (nSPS) is 31.4. The Bertz CT molecular complexity index is 233. The van der Waals surface area contributed by atoms with Gasteiger partial charge in [-0.05, 0) is 25.2 Å². The number of rotatable bonds is 4. The topological polar surface area (TPSA) is 52.6 Å². The van der Waals surface area contributed by atoms with Crippen molar-refractivity contribution in [2.24, 2.45) is 11.8 Å². The Balaban J connectivity index is 2.42. The lowest BCUT2D eigenvalue weighted by atomic mass is 9.86. The summed E-state index contributed by atoms with van der Waals surface area (Å²) in [6.07, 6.45) is 1.25. The molecule has 0 saturated carbocycles. The van der Waals surface area contributed by atoms with Gasteiger partial charge in [-0.25, -0.2) is 0 Å². The van der Waals surface area contributed by atoms with E-state index >= 15 is 0 Å². The molecule has 0 radical (unpaired) electrons. The molecule has 16 heavy (non-hydrogen) atoms. The molecule has 0 aromatic carbocycles.